The SMILES string of the molecule is C=CC(C)(CO[SiH3])c1ccccc1. The van der Waals surface area contributed by atoms with E-state index in [2.05, 4.69) is 25.6 Å². The lowest BCUT2D eigenvalue weighted by Gasteiger charge is -2.25. The van der Waals surface area contributed by atoms with Crippen molar-refractivity contribution in [2.45, 2.75) is 12.3 Å². The summed E-state index contributed by atoms with van der Waals surface area (Å²) in [5, 5.41) is 0. The second-order valence-corrected chi connectivity index (χ2v) is 4.00. The van der Waals surface area contributed by atoms with E-state index in [-0.39, 0.29) is 5.41 Å². The summed E-state index contributed by atoms with van der Waals surface area (Å²) in [6, 6.07) is 10.3. The van der Waals surface area contributed by atoms with Crippen molar-refractivity contribution in [1.29, 1.82) is 0 Å². The molecule has 0 heterocycles. The van der Waals surface area contributed by atoms with E-state index in [1.54, 1.807) is 0 Å². The van der Waals surface area contributed by atoms with Crippen molar-refractivity contribution < 1.29 is 4.43 Å². The van der Waals surface area contributed by atoms with Gasteiger partial charge in [-0.15, -0.1) is 6.58 Å². The molecule has 0 radical (unpaired) electrons. The molecule has 1 rings (SSSR count). The largest absolute Gasteiger partial charge is 0.427 e. The fourth-order valence-corrected chi connectivity index (χ4v) is 1.98. The van der Waals surface area contributed by atoms with Crippen molar-refractivity contribution in [3.63, 3.8) is 0 Å². The van der Waals surface area contributed by atoms with Gasteiger partial charge in [0, 0.05) is 12.0 Å². The third kappa shape index (κ3) is 2.29. The van der Waals surface area contributed by atoms with Gasteiger partial charge in [0.1, 0.15) is 10.5 Å². The van der Waals surface area contributed by atoms with Gasteiger partial charge >= 0.3 is 0 Å². The lowest BCUT2D eigenvalue weighted by atomic mass is 9.84. The molecule has 0 spiro atoms. The minimum Gasteiger partial charge on any atom is -0.427 e. The molecule has 0 aliphatic carbocycles. The van der Waals surface area contributed by atoms with Crippen LogP contribution in [0.1, 0.15) is 12.5 Å². The van der Waals surface area contributed by atoms with Gasteiger partial charge in [-0.2, -0.15) is 0 Å². The average molecular weight is 192 g/mol. The summed E-state index contributed by atoms with van der Waals surface area (Å²) in [6.07, 6.45) is 1.96. The highest BCUT2D eigenvalue weighted by molar-refractivity contribution is 5.98. The third-order valence-electron chi connectivity index (χ3n) is 2.33. The first kappa shape index (κ1) is 10.2. The molecule has 1 atom stereocenters. The first-order chi connectivity index (χ1) is 6.23. The highest BCUT2D eigenvalue weighted by atomic mass is 28.2. The normalized spacial score (nSPS) is 15.2. The van der Waals surface area contributed by atoms with Gasteiger partial charge in [0.15, 0.2) is 0 Å². The van der Waals surface area contributed by atoms with E-state index in [9.17, 15) is 0 Å². The molecule has 2 heteroatoms. The van der Waals surface area contributed by atoms with E-state index in [1.807, 2.05) is 24.3 Å². The molecule has 0 fully saturated rings. The quantitative estimate of drug-likeness (QED) is 0.518. The molecule has 0 aliphatic rings. The molecule has 1 nitrogen and oxygen atoms in total. The summed E-state index contributed by atoms with van der Waals surface area (Å²) >= 11 is 0. The maximum absolute atomic E-state index is 5.32. The summed E-state index contributed by atoms with van der Waals surface area (Å²) < 4.78 is 5.32. The molecule has 0 bridgehead atoms. The van der Waals surface area contributed by atoms with Crippen molar-refractivity contribution in [2.24, 2.45) is 0 Å². The van der Waals surface area contributed by atoms with Crippen LogP contribution < -0.4 is 0 Å². The van der Waals surface area contributed by atoms with Gasteiger partial charge in [-0.1, -0.05) is 36.4 Å². The first-order valence-electron chi connectivity index (χ1n) is 4.41. The van der Waals surface area contributed by atoms with Crippen molar-refractivity contribution in [3.8, 4) is 0 Å². The smallest absolute Gasteiger partial charge is 0.146 e. The van der Waals surface area contributed by atoms with Crippen molar-refractivity contribution in [3.05, 3.63) is 48.6 Å². The Morgan fingerprint density at radius 3 is 2.54 bits per heavy atom. The van der Waals surface area contributed by atoms with Crippen LogP contribution >= 0.6 is 0 Å². The molecule has 70 valence electrons. The first-order valence-corrected chi connectivity index (χ1v) is 5.22. The molecule has 1 aromatic carbocycles. The zero-order valence-corrected chi connectivity index (χ0v) is 10.3. The molecular formula is C11H16OSi. The van der Waals surface area contributed by atoms with Crippen LogP contribution in [-0.4, -0.2) is 17.1 Å². The Hall–Kier alpha value is -0.863. The van der Waals surface area contributed by atoms with Crippen LogP contribution in [0.15, 0.2) is 43.0 Å². The molecule has 0 amide bonds. The summed E-state index contributed by atoms with van der Waals surface area (Å²) in [7, 11) is 0.778. The van der Waals surface area contributed by atoms with Crippen LogP contribution in [0.4, 0.5) is 0 Å². The zero-order chi connectivity index (χ0) is 9.73. The number of hydrogen-bond acceptors (Lipinski definition) is 1. The lowest BCUT2D eigenvalue weighted by molar-refractivity contribution is 0.281. The predicted octanol–water partition coefficient (Wildman–Crippen LogP) is 1.43. The van der Waals surface area contributed by atoms with Crippen LogP contribution in [0.25, 0.3) is 0 Å². The third-order valence-corrected chi connectivity index (χ3v) is 2.62. The Bertz CT molecular complexity index is 271. The van der Waals surface area contributed by atoms with E-state index >= 15 is 0 Å². The molecule has 0 N–H and O–H groups in total. The van der Waals surface area contributed by atoms with E-state index in [0.717, 1.165) is 17.1 Å². The lowest BCUT2D eigenvalue weighted by Crippen LogP contribution is -2.25. The van der Waals surface area contributed by atoms with E-state index in [1.165, 1.54) is 5.56 Å². The number of rotatable bonds is 4. The van der Waals surface area contributed by atoms with Crippen LogP contribution in [0.3, 0.4) is 0 Å². The van der Waals surface area contributed by atoms with Crippen LogP contribution in [0, 0.1) is 0 Å². The average Bonchev–Trinajstić information content (AvgIpc) is 2.19. The monoisotopic (exact) mass is 192 g/mol. The summed E-state index contributed by atoms with van der Waals surface area (Å²) in [6.45, 7) is 6.74. The number of hydrogen-bond donors (Lipinski definition) is 0. The van der Waals surface area contributed by atoms with Gasteiger partial charge in [-0.05, 0) is 12.5 Å². The number of benzene rings is 1. The Kier molecular flexibility index (Phi) is 3.45. The summed E-state index contributed by atoms with van der Waals surface area (Å²) in [5.74, 6) is 0. The van der Waals surface area contributed by atoms with Gasteiger partial charge < -0.3 is 4.43 Å². The highest BCUT2D eigenvalue weighted by Gasteiger charge is 2.21. The van der Waals surface area contributed by atoms with Gasteiger partial charge in [0.2, 0.25) is 0 Å². The van der Waals surface area contributed by atoms with Crippen molar-refractivity contribution in [1.82, 2.24) is 0 Å². The minimum atomic E-state index is -0.0387. The molecule has 0 aromatic heterocycles. The standard InChI is InChI=1S/C11H16OSi/c1-3-11(2,9-12-13)10-7-5-4-6-8-10/h3-8H,1,9H2,2,13H3. The fraction of sp³-hybridized carbons (Fsp3) is 0.273. The molecule has 1 unspecified atom stereocenters. The van der Waals surface area contributed by atoms with Crippen molar-refractivity contribution >= 4 is 10.5 Å². The Morgan fingerprint density at radius 2 is 2.08 bits per heavy atom. The topological polar surface area (TPSA) is 9.23 Å². The van der Waals surface area contributed by atoms with Gasteiger partial charge in [-0.25, -0.2) is 0 Å². The summed E-state index contributed by atoms with van der Waals surface area (Å²) in [4.78, 5) is 0. The maximum atomic E-state index is 5.32. The minimum absolute atomic E-state index is 0.0387. The fourth-order valence-electron chi connectivity index (χ4n) is 1.38. The Morgan fingerprint density at radius 1 is 1.46 bits per heavy atom. The van der Waals surface area contributed by atoms with Crippen LogP contribution in [-0.2, 0) is 9.84 Å². The van der Waals surface area contributed by atoms with E-state index in [0.29, 0.717) is 0 Å². The van der Waals surface area contributed by atoms with E-state index in [4.69, 9.17) is 4.43 Å². The van der Waals surface area contributed by atoms with Crippen LogP contribution in [0.2, 0.25) is 0 Å². The van der Waals surface area contributed by atoms with E-state index < -0.39 is 0 Å². The second kappa shape index (κ2) is 4.39. The molecule has 0 saturated carbocycles. The molecule has 0 aliphatic heterocycles. The maximum Gasteiger partial charge on any atom is 0.146 e. The molecule has 13 heavy (non-hydrogen) atoms. The Labute approximate surface area is 83.0 Å². The second-order valence-electron chi connectivity index (χ2n) is 3.42. The molecule has 0 saturated heterocycles. The Balaban J connectivity index is 2.95. The van der Waals surface area contributed by atoms with Gasteiger partial charge in [0.25, 0.3) is 0 Å². The van der Waals surface area contributed by atoms with Gasteiger partial charge in [-0.3, -0.25) is 0 Å². The van der Waals surface area contributed by atoms with Crippen molar-refractivity contribution in [2.75, 3.05) is 6.61 Å². The highest BCUT2D eigenvalue weighted by Crippen LogP contribution is 2.24. The predicted molar refractivity (Wildman–Crippen MR) is 59.9 cm³/mol. The molecular weight excluding hydrogens is 176 g/mol. The zero-order valence-electron chi connectivity index (χ0n) is 8.29. The van der Waals surface area contributed by atoms with Crippen LogP contribution in [0.5, 0.6) is 0 Å². The van der Waals surface area contributed by atoms with Gasteiger partial charge in [0.05, 0.1) is 0 Å². The summed E-state index contributed by atoms with van der Waals surface area (Å²) in [5.41, 5.74) is 1.23. The molecule has 1 aromatic rings.